The molecule has 142 valence electrons. The van der Waals surface area contributed by atoms with Crippen molar-refractivity contribution in [3.8, 4) is 0 Å². The molecule has 1 aromatic carbocycles. The highest BCUT2D eigenvalue weighted by atomic mass is 32.2. The Kier molecular flexibility index (Phi) is 5.35. The quantitative estimate of drug-likeness (QED) is 0.856. The van der Waals surface area contributed by atoms with E-state index in [9.17, 15) is 23.1 Å². The van der Waals surface area contributed by atoms with Gasteiger partial charge in [0.05, 0.1) is 11.7 Å². The summed E-state index contributed by atoms with van der Waals surface area (Å²) in [6, 6.07) is 9.35. The Balaban J connectivity index is 1.74. The van der Waals surface area contributed by atoms with Crippen molar-refractivity contribution in [3.05, 3.63) is 35.9 Å². The Bertz CT molecular complexity index is 695. The summed E-state index contributed by atoms with van der Waals surface area (Å²) in [4.78, 5) is 12.5. The second-order valence-electron chi connectivity index (χ2n) is 6.93. The van der Waals surface area contributed by atoms with Gasteiger partial charge in [-0.15, -0.1) is 11.8 Å². The fourth-order valence-corrected chi connectivity index (χ4v) is 4.38. The number of benzene rings is 1. The number of halogens is 3. The number of hydrazone groups is 1. The highest BCUT2D eigenvalue weighted by Gasteiger charge is 2.68. The molecule has 2 aliphatic rings. The van der Waals surface area contributed by atoms with E-state index in [1.54, 1.807) is 0 Å². The molecule has 0 aromatic heterocycles. The van der Waals surface area contributed by atoms with Crippen LogP contribution in [0.5, 0.6) is 0 Å². The van der Waals surface area contributed by atoms with Gasteiger partial charge in [0.15, 0.2) is 0 Å². The van der Waals surface area contributed by atoms with Crippen LogP contribution >= 0.6 is 11.8 Å². The van der Waals surface area contributed by atoms with Gasteiger partial charge < -0.3 is 5.11 Å². The third-order valence-electron chi connectivity index (χ3n) is 4.96. The molecule has 1 aromatic rings. The zero-order chi connectivity index (χ0) is 18.9. The van der Waals surface area contributed by atoms with Crippen LogP contribution < -0.4 is 0 Å². The monoisotopic (exact) mass is 386 g/mol. The lowest BCUT2D eigenvalue weighted by molar-refractivity contribution is -0.317. The SMILES string of the molecule is C[C@@H]1CCC2=NN(C(=O)CSCc3ccccc3)[C@](O)(C(F)(F)F)[C@@H]2C1. The highest BCUT2D eigenvalue weighted by Crippen LogP contribution is 2.49. The van der Waals surface area contributed by atoms with E-state index in [0.717, 1.165) is 5.56 Å². The van der Waals surface area contributed by atoms with Gasteiger partial charge >= 0.3 is 6.18 Å². The van der Waals surface area contributed by atoms with E-state index in [4.69, 9.17) is 0 Å². The average molecular weight is 386 g/mol. The van der Waals surface area contributed by atoms with E-state index in [2.05, 4.69) is 5.10 Å². The molecule has 0 radical (unpaired) electrons. The van der Waals surface area contributed by atoms with Gasteiger partial charge in [-0.2, -0.15) is 23.3 Å². The first kappa shape index (κ1) is 19.2. The minimum absolute atomic E-state index is 0.0512. The third-order valence-corrected chi connectivity index (χ3v) is 5.95. The Morgan fingerprint density at radius 3 is 2.73 bits per heavy atom. The number of alkyl halides is 3. The molecule has 0 saturated heterocycles. The van der Waals surface area contributed by atoms with Gasteiger partial charge in [0.25, 0.3) is 11.6 Å². The van der Waals surface area contributed by atoms with Crippen LogP contribution in [0.2, 0.25) is 0 Å². The van der Waals surface area contributed by atoms with Crippen LogP contribution in [0.15, 0.2) is 35.4 Å². The molecule has 1 heterocycles. The lowest BCUT2D eigenvalue weighted by atomic mass is 9.76. The zero-order valence-corrected chi connectivity index (χ0v) is 15.2. The second kappa shape index (κ2) is 7.23. The summed E-state index contributed by atoms with van der Waals surface area (Å²) in [5.41, 5.74) is -1.97. The standard InChI is InChI=1S/C18H21F3N2O2S/c1-12-7-8-15-14(9-12)17(25,18(19,20)21)23(22-15)16(24)11-26-10-13-5-3-2-4-6-13/h2-6,12,14,25H,7-11H2,1H3/t12-,14-,17-/m1/s1. The Labute approximate surface area is 154 Å². The number of hydrogen-bond donors (Lipinski definition) is 1. The normalized spacial score (nSPS) is 28.7. The average Bonchev–Trinajstić information content (AvgIpc) is 2.89. The summed E-state index contributed by atoms with van der Waals surface area (Å²) in [6.07, 6.45) is -3.69. The van der Waals surface area contributed by atoms with Crippen molar-refractivity contribution in [1.29, 1.82) is 0 Å². The van der Waals surface area contributed by atoms with E-state index in [-0.39, 0.29) is 23.8 Å². The van der Waals surface area contributed by atoms with Crippen LogP contribution in [-0.4, -0.2) is 39.4 Å². The third kappa shape index (κ3) is 3.49. The first-order chi connectivity index (χ1) is 12.2. The van der Waals surface area contributed by atoms with E-state index in [0.29, 0.717) is 23.6 Å². The topological polar surface area (TPSA) is 52.9 Å². The first-order valence-electron chi connectivity index (χ1n) is 8.54. The van der Waals surface area contributed by atoms with Gasteiger partial charge in [-0.25, -0.2) is 0 Å². The van der Waals surface area contributed by atoms with Gasteiger partial charge in [-0.3, -0.25) is 4.79 Å². The van der Waals surface area contributed by atoms with Crippen molar-refractivity contribution in [3.63, 3.8) is 0 Å². The van der Waals surface area contributed by atoms with E-state index in [1.807, 2.05) is 37.3 Å². The molecule has 3 rings (SSSR count). The molecule has 1 aliphatic heterocycles. The molecule has 1 saturated carbocycles. The molecule has 3 atom stereocenters. The molecule has 1 amide bonds. The summed E-state index contributed by atoms with van der Waals surface area (Å²) in [6.45, 7) is 1.85. The molecule has 1 fully saturated rings. The van der Waals surface area contributed by atoms with Crippen LogP contribution in [0.4, 0.5) is 13.2 Å². The van der Waals surface area contributed by atoms with Crippen LogP contribution in [0.3, 0.4) is 0 Å². The predicted molar refractivity (Wildman–Crippen MR) is 94.4 cm³/mol. The number of carbonyl (C=O) groups excluding carboxylic acids is 1. The molecular formula is C18H21F3N2O2S. The maximum absolute atomic E-state index is 13.7. The Hall–Kier alpha value is -1.54. The number of rotatable bonds is 4. The zero-order valence-electron chi connectivity index (χ0n) is 14.4. The summed E-state index contributed by atoms with van der Waals surface area (Å²) in [5, 5.41) is 14.7. The van der Waals surface area contributed by atoms with Gasteiger partial charge in [-0.05, 0) is 30.7 Å². The van der Waals surface area contributed by atoms with Gasteiger partial charge in [0.2, 0.25) is 0 Å². The summed E-state index contributed by atoms with van der Waals surface area (Å²) < 4.78 is 41.1. The highest BCUT2D eigenvalue weighted by molar-refractivity contribution is 7.99. The molecule has 8 heteroatoms. The molecule has 1 N–H and O–H groups in total. The van der Waals surface area contributed by atoms with Gasteiger partial charge in [-0.1, -0.05) is 37.3 Å². The smallest absolute Gasteiger partial charge is 0.362 e. The van der Waals surface area contributed by atoms with Crippen molar-refractivity contribution >= 4 is 23.4 Å². The van der Waals surface area contributed by atoms with Crippen molar-refractivity contribution < 1.29 is 23.1 Å². The molecule has 0 spiro atoms. The fourth-order valence-electron chi connectivity index (χ4n) is 3.55. The van der Waals surface area contributed by atoms with Crippen molar-refractivity contribution in [2.75, 3.05) is 5.75 Å². The lowest BCUT2D eigenvalue weighted by Crippen LogP contribution is -2.62. The minimum atomic E-state index is -4.96. The van der Waals surface area contributed by atoms with Crippen LogP contribution in [0.1, 0.15) is 31.7 Å². The van der Waals surface area contributed by atoms with E-state index >= 15 is 0 Å². The molecule has 0 bridgehead atoms. The second-order valence-corrected chi connectivity index (χ2v) is 7.92. The van der Waals surface area contributed by atoms with E-state index < -0.39 is 23.7 Å². The number of fused-ring (bicyclic) bond motifs is 1. The minimum Gasteiger partial charge on any atom is -0.362 e. The van der Waals surface area contributed by atoms with Crippen molar-refractivity contribution in [2.24, 2.45) is 16.9 Å². The number of hydrogen-bond acceptors (Lipinski definition) is 4. The Morgan fingerprint density at radius 2 is 2.08 bits per heavy atom. The first-order valence-corrected chi connectivity index (χ1v) is 9.70. The summed E-state index contributed by atoms with van der Waals surface area (Å²) in [7, 11) is 0. The Morgan fingerprint density at radius 1 is 1.38 bits per heavy atom. The maximum Gasteiger partial charge on any atom is 0.439 e. The molecule has 1 aliphatic carbocycles. The number of nitrogens with zero attached hydrogens (tertiary/aromatic N) is 2. The van der Waals surface area contributed by atoms with Crippen LogP contribution in [0.25, 0.3) is 0 Å². The predicted octanol–water partition coefficient (Wildman–Crippen LogP) is 3.81. The maximum atomic E-state index is 13.7. The number of thioether (sulfide) groups is 1. The fraction of sp³-hybridized carbons (Fsp3) is 0.556. The van der Waals surface area contributed by atoms with Crippen molar-refractivity contribution in [1.82, 2.24) is 5.01 Å². The van der Waals surface area contributed by atoms with Gasteiger partial charge in [0, 0.05) is 11.5 Å². The number of amides is 1. The summed E-state index contributed by atoms with van der Waals surface area (Å²) >= 11 is 1.21. The van der Waals surface area contributed by atoms with Crippen molar-refractivity contribution in [2.45, 2.75) is 43.8 Å². The van der Waals surface area contributed by atoms with Gasteiger partial charge in [0.1, 0.15) is 0 Å². The largest absolute Gasteiger partial charge is 0.439 e. The lowest BCUT2D eigenvalue weighted by Gasteiger charge is -2.39. The van der Waals surface area contributed by atoms with Crippen LogP contribution in [0, 0.1) is 11.8 Å². The summed E-state index contributed by atoms with van der Waals surface area (Å²) in [5.74, 6) is -1.61. The molecule has 4 nitrogen and oxygen atoms in total. The number of carbonyl (C=O) groups is 1. The molecule has 0 unspecified atom stereocenters. The molecular weight excluding hydrogens is 365 g/mol. The van der Waals surface area contributed by atoms with E-state index in [1.165, 1.54) is 11.8 Å². The van der Waals surface area contributed by atoms with Crippen LogP contribution in [-0.2, 0) is 10.5 Å². The molecule has 26 heavy (non-hydrogen) atoms. The number of aliphatic hydroxyl groups is 1.